The van der Waals surface area contributed by atoms with Gasteiger partial charge in [0.1, 0.15) is 5.76 Å². The van der Waals surface area contributed by atoms with E-state index in [2.05, 4.69) is 22.6 Å². The molecule has 3 rings (SSSR count). The van der Waals surface area contributed by atoms with Crippen molar-refractivity contribution < 1.29 is 9.32 Å². The Morgan fingerprint density at radius 3 is 2.83 bits per heavy atom. The van der Waals surface area contributed by atoms with Crippen LogP contribution in [0.4, 0.5) is 4.79 Å². The summed E-state index contributed by atoms with van der Waals surface area (Å²) in [5.74, 6) is 0.816. The first kappa shape index (κ1) is 15.6. The van der Waals surface area contributed by atoms with E-state index in [4.69, 9.17) is 4.52 Å². The van der Waals surface area contributed by atoms with Gasteiger partial charge in [0.05, 0.1) is 11.7 Å². The molecule has 5 heteroatoms. The number of likely N-dealkylation sites (tertiary alicyclic amines) is 1. The van der Waals surface area contributed by atoms with Crippen LogP contribution in [-0.2, 0) is 6.42 Å². The van der Waals surface area contributed by atoms with Crippen LogP contribution in [0, 0.1) is 13.8 Å². The van der Waals surface area contributed by atoms with Gasteiger partial charge in [0, 0.05) is 18.7 Å². The fraction of sp³-hybridized carbons (Fsp3) is 0.444. The standard InChI is InChI=1S/C18H23N3O2/c1-13-17(14(2)23-20-13)16-9-6-12-21(16)18(22)19-11-10-15-7-4-3-5-8-15/h3-5,7-8,16H,6,9-12H2,1-2H3,(H,19,22)/t16-/m0/s1. The lowest BCUT2D eigenvalue weighted by molar-refractivity contribution is 0.192. The molecular weight excluding hydrogens is 290 g/mol. The molecule has 1 fully saturated rings. The smallest absolute Gasteiger partial charge is 0.317 e. The Kier molecular flexibility index (Phi) is 4.65. The molecule has 23 heavy (non-hydrogen) atoms. The Morgan fingerprint density at radius 1 is 1.35 bits per heavy atom. The number of hydrogen-bond acceptors (Lipinski definition) is 3. The van der Waals surface area contributed by atoms with Crippen LogP contribution in [0.15, 0.2) is 34.9 Å². The molecule has 1 saturated heterocycles. The second kappa shape index (κ2) is 6.86. The summed E-state index contributed by atoms with van der Waals surface area (Å²) >= 11 is 0. The van der Waals surface area contributed by atoms with Gasteiger partial charge in [-0.2, -0.15) is 0 Å². The number of carbonyl (C=O) groups excluding carboxylic acids is 1. The average Bonchev–Trinajstić information content (AvgIpc) is 3.15. The number of hydrogen-bond donors (Lipinski definition) is 1. The maximum Gasteiger partial charge on any atom is 0.317 e. The maximum absolute atomic E-state index is 12.5. The molecule has 0 radical (unpaired) electrons. The van der Waals surface area contributed by atoms with Gasteiger partial charge in [0.15, 0.2) is 0 Å². The van der Waals surface area contributed by atoms with E-state index >= 15 is 0 Å². The molecule has 1 atom stereocenters. The SMILES string of the molecule is Cc1noc(C)c1[C@@H]1CCCN1C(=O)NCCc1ccccc1. The molecule has 1 aromatic heterocycles. The van der Waals surface area contributed by atoms with Crippen LogP contribution in [0.25, 0.3) is 0 Å². The zero-order chi connectivity index (χ0) is 16.2. The number of carbonyl (C=O) groups is 1. The van der Waals surface area contributed by atoms with Crippen LogP contribution in [0.5, 0.6) is 0 Å². The number of nitrogens with one attached hydrogen (secondary N) is 1. The van der Waals surface area contributed by atoms with Crippen molar-refractivity contribution in [2.45, 2.75) is 39.2 Å². The average molecular weight is 313 g/mol. The number of aromatic nitrogens is 1. The fourth-order valence-electron chi connectivity index (χ4n) is 3.34. The van der Waals surface area contributed by atoms with Gasteiger partial charge in [-0.15, -0.1) is 0 Å². The molecule has 2 amide bonds. The van der Waals surface area contributed by atoms with Crippen molar-refractivity contribution in [3.8, 4) is 0 Å². The minimum Gasteiger partial charge on any atom is -0.361 e. The summed E-state index contributed by atoms with van der Waals surface area (Å²) in [5, 5.41) is 7.06. The molecule has 1 N–H and O–H groups in total. The predicted octanol–water partition coefficient (Wildman–Crippen LogP) is 3.38. The lowest BCUT2D eigenvalue weighted by atomic mass is 10.0. The van der Waals surface area contributed by atoms with E-state index < -0.39 is 0 Å². The summed E-state index contributed by atoms with van der Waals surface area (Å²) < 4.78 is 5.27. The fourth-order valence-corrected chi connectivity index (χ4v) is 3.34. The van der Waals surface area contributed by atoms with Gasteiger partial charge in [0.2, 0.25) is 0 Å². The van der Waals surface area contributed by atoms with Crippen LogP contribution in [0.3, 0.4) is 0 Å². The minimum absolute atomic E-state index is 0.00318. The van der Waals surface area contributed by atoms with Crippen molar-refractivity contribution in [2.75, 3.05) is 13.1 Å². The Bertz CT molecular complexity index is 647. The van der Waals surface area contributed by atoms with Gasteiger partial charge in [-0.1, -0.05) is 35.5 Å². The first-order chi connectivity index (χ1) is 11.2. The van der Waals surface area contributed by atoms with Crippen molar-refractivity contribution in [2.24, 2.45) is 0 Å². The van der Waals surface area contributed by atoms with Gasteiger partial charge in [0.25, 0.3) is 0 Å². The summed E-state index contributed by atoms with van der Waals surface area (Å²) in [6.07, 6.45) is 2.83. The summed E-state index contributed by atoms with van der Waals surface area (Å²) in [7, 11) is 0. The molecule has 1 aromatic carbocycles. The van der Waals surface area contributed by atoms with Crippen molar-refractivity contribution >= 4 is 6.03 Å². The van der Waals surface area contributed by atoms with E-state index in [1.54, 1.807) is 0 Å². The second-order valence-corrected chi connectivity index (χ2v) is 6.06. The molecule has 0 spiro atoms. The van der Waals surface area contributed by atoms with Crippen molar-refractivity contribution in [3.63, 3.8) is 0 Å². The molecule has 122 valence electrons. The minimum atomic E-state index is 0.00318. The highest BCUT2D eigenvalue weighted by molar-refractivity contribution is 5.75. The molecule has 0 saturated carbocycles. The molecule has 2 heterocycles. The van der Waals surface area contributed by atoms with Crippen LogP contribution >= 0.6 is 0 Å². The van der Waals surface area contributed by atoms with Gasteiger partial charge in [-0.3, -0.25) is 0 Å². The van der Waals surface area contributed by atoms with E-state index in [9.17, 15) is 4.79 Å². The second-order valence-electron chi connectivity index (χ2n) is 6.06. The third-order valence-corrected chi connectivity index (χ3v) is 4.47. The zero-order valence-corrected chi connectivity index (χ0v) is 13.7. The Morgan fingerprint density at radius 2 is 2.13 bits per heavy atom. The van der Waals surface area contributed by atoms with Gasteiger partial charge in [-0.05, 0) is 38.7 Å². The maximum atomic E-state index is 12.5. The summed E-state index contributed by atoms with van der Waals surface area (Å²) in [6.45, 7) is 5.29. The lowest BCUT2D eigenvalue weighted by Crippen LogP contribution is -2.40. The predicted molar refractivity (Wildman–Crippen MR) is 88.2 cm³/mol. The van der Waals surface area contributed by atoms with E-state index in [0.29, 0.717) is 6.54 Å². The van der Waals surface area contributed by atoms with E-state index in [1.807, 2.05) is 36.9 Å². The molecular formula is C18H23N3O2. The van der Waals surface area contributed by atoms with E-state index in [1.165, 1.54) is 5.56 Å². The highest BCUT2D eigenvalue weighted by Gasteiger charge is 2.33. The van der Waals surface area contributed by atoms with Gasteiger partial charge in [-0.25, -0.2) is 4.79 Å². The topological polar surface area (TPSA) is 58.4 Å². The number of urea groups is 1. The Labute approximate surface area is 136 Å². The third kappa shape index (κ3) is 3.38. The normalized spacial score (nSPS) is 17.5. The number of aryl methyl sites for hydroxylation is 2. The molecule has 0 aliphatic carbocycles. The molecule has 0 bridgehead atoms. The van der Waals surface area contributed by atoms with Gasteiger partial charge >= 0.3 is 6.03 Å². The summed E-state index contributed by atoms with van der Waals surface area (Å²) in [5.41, 5.74) is 3.19. The number of benzene rings is 1. The highest BCUT2D eigenvalue weighted by Crippen LogP contribution is 2.35. The summed E-state index contributed by atoms with van der Waals surface area (Å²) in [4.78, 5) is 14.4. The van der Waals surface area contributed by atoms with Crippen LogP contribution < -0.4 is 5.32 Å². The van der Waals surface area contributed by atoms with Crippen molar-refractivity contribution in [1.82, 2.24) is 15.4 Å². The van der Waals surface area contributed by atoms with Crippen molar-refractivity contribution in [1.29, 1.82) is 0 Å². The van der Waals surface area contributed by atoms with E-state index in [-0.39, 0.29) is 12.1 Å². The van der Waals surface area contributed by atoms with Crippen LogP contribution in [0.2, 0.25) is 0 Å². The number of nitrogens with zero attached hydrogens (tertiary/aromatic N) is 2. The molecule has 1 aliphatic rings. The van der Waals surface area contributed by atoms with Gasteiger partial charge < -0.3 is 14.7 Å². The van der Waals surface area contributed by atoms with Crippen LogP contribution in [0.1, 0.15) is 41.5 Å². The third-order valence-electron chi connectivity index (χ3n) is 4.47. The number of rotatable bonds is 4. The molecule has 1 aliphatic heterocycles. The largest absolute Gasteiger partial charge is 0.361 e. The monoisotopic (exact) mass is 313 g/mol. The first-order valence-corrected chi connectivity index (χ1v) is 8.18. The molecule has 5 nitrogen and oxygen atoms in total. The summed E-state index contributed by atoms with van der Waals surface area (Å²) in [6, 6.07) is 10.3. The van der Waals surface area contributed by atoms with Crippen LogP contribution in [-0.4, -0.2) is 29.2 Å². The van der Waals surface area contributed by atoms with Crippen molar-refractivity contribution in [3.05, 3.63) is 52.9 Å². The quantitative estimate of drug-likeness (QED) is 0.941. The lowest BCUT2D eigenvalue weighted by Gasteiger charge is -2.25. The highest BCUT2D eigenvalue weighted by atomic mass is 16.5. The Hall–Kier alpha value is -2.30. The zero-order valence-electron chi connectivity index (χ0n) is 13.7. The Balaban J connectivity index is 1.60. The number of amides is 2. The molecule has 2 aromatic rings. The first-order valence-electron chi connectivity index (χ1n) is 8.18. The van der Waals surface area contributed by atoms with E-state index in [0.717, 1.165) is 42.8 Å². The molecule has 0 unspecified atom stereocenters.